The number of carbonyl (C=O) groups is 1. The van der Waals surface area contributed by atoms with Gasteiger partial charge >= 0.3 is 0 Å². The third-order valence-electron chi connectivity index (χ3n) is 3.60. The van der Waals surface area contributed by atoms with E-state index in [9.17, 15) is 9.00 Å². The summed E-state index contributed by atoms with van der Waals surface area (Å²) < 4.78 is 11.4. The van der Waals surface area contributed by atoms with Crippen molar-refractivity contribution in [2.24, 2.45) is 0 Å². The maximum absolute atomic E-state index is 12.6. The fourth-order valence-corrected chi connectivity index (χ4v) is 3.41. The SMILES string of the molecule is CC[C@H](C(=O)Nc1ccc(Cl)c(C[S@@](C)=O)c1)c1ccccc1. The molecule has 0 aliphatic rings. The van der Waals surface area contributed by atoms with E-state index in [4.69, 9.17) is 11.6 Å². The summed E-state index contributed by atoms with van der Waals surface area (Å²) in [5.74, 6) is 0.124. The Morgan fingerprint density at radius 1 is 1.22 bits per heavy atom. The molecule has 122 valence electrons. The summed E-state index contributed by atoms with van der Waals surface area (Å²) in [5.41, 5.74) is 2.45. The lowest BCUT2D eigenvalue weighted by Crippen LogP contribution is -2.20. The number of halogens is 1. The normalized spacial score (nSPS) is 13.3. The van der Waals surface area contributed by atoms with Crippen LogP contribution in [-0.4, -0.2) is 16.4 Å². The maximum Gasteiger partial charge on any atom is 0.231 e. The molecule has 5 heteroatoms. The monoisotopic (exact) mass is 349 g/mol. The Morgan fingerprint density at radius 2 is 1.91 bits per heavy atom. The van der Waals surface area contributed by atoms with Crippen LogP contribution in [0.5, 0.6) is 0 Å². The van der Waals surface area contributed by atoms with Gasteiger partial charge < -0.3 is 5.32 Å². The molecule has 2 aromatic carbocycles. The van der Waals surface area contributed by atoms with Crippen molar-refractivity contribution in [2.45, 2.75) is 25.0 Å². The van der Waals surface area contributed by atoms with Crippen LogP contribution in [0.15, 0.2) is 48.5 Å². The highest BCUT2D eigenvalue weighted by Gasteiger charge is 2.18. The Hall–Kier alpha value is -1.65. The van der Waals surface area contributed by atoms with Gasteiger partial charge in [-0.05, 0) is 35.7 Å². The predicted molar refractivity (Wildman–Crippen MR) is 97.3 cm³/mol. The molecule has 0 unspecified atom stereocenters. The van der Waals surface area contributed by atoms with E-state index >= 15 is 0 Å². The first-order valence-corrected chi connectivity index (χ1v) is 9.56. The van der Waals surface area contributed by atoms with Crippen LogP contribution in [0.4, 0.5) is 5.69 Å². The first-order chi connectivity index (χ1) is 11.0. The van der Waals surface area contributed by atoms with Crippen LogP contribution in [0.25, 0.3) is 0 Å². The van der Waals surface area contributed by atoms with Crippen molar-refractivity contribution in [3.63, 3.8) is 0 Å². The van der Waals surface area contributed by atoms with Crippen LogP contribution < -0.4 is 5.32 Å². The van der Waals surface area contributed by atoms with E-state index in [1.54, 1.807) is 24.5 Å². The van der Waals surface area contributed by atoms with E-state index in [2.05, 4.69) is 5.32 Å². The molecule has 0 heterocycles. The Labute approximate surface area is 144 Å². The van der Waals surface area contributed by atoms with Gasteiger partial charge in [-0.3, -0.25) is 9.00 Å². The molecule has 3 nitrogen and oxygen atoms in total. The second-order valence-corrected chi connectivity index (χ2v) is 7.23. The highest BCUT2D eigenvalue weighted by atomic mass is 35.5. The fourth-order valence-electron chi connectivity index (χ4n) is 2.47. The zero-order chi connectivity index (χ0) is 16.8. The third-order valence-corrected chi connectivity index (χ3v) is 4.68. The van der Waals surface area contributed by atoms with Crippen molar-refractivity contribution in [1.82, 2.24) is 0 Å². The average Bonchev–Trinajstić information content (AvgIpc) is 2.52. The molecule has 0 spiro atoms. The summed E-state index contributed by atoms with van der Waals surface area (Å²) in [6.45, 7) is 1.99. The molecule has 0 saturated heterocycles. The quantitative estimate of drug-likeness (QED) is 0.842. The molecule has 1 amide bonds. The third kappa shape index (κ3) is 4.91. The number of benzene rings is 2. The summed E-state index contributed by atoms with van der Waals surface area (Å²) >= 11 is 6.12. The van der Waals surface area contributed by atoms with Crippen LogP contribution >= 0.6 is 11.6 Å². The summed E-state index contributed by atoms with van der Waals surface area (Å²) in [7, 11) is -0.985. The number of anilines is 1. The smallest absolute Gasteiger partial charge is 0.231 e. The van der Waals surface area contributed by atoms with Gasteiger partial charge in [-0.2, -0.15) is 0 Å². The Balaban J connectivity index is 2.17. The van der Waals surface area contributed by atoms with Crippen molar-refractivity contribution in [1.29, 1.82) is 0 Å². The van der Waals surface area contributed by atoms with Crippen LogP contribution in [-0.2, 0) is 21.3 Å². The van der Waals surface area contributed by atoms with E-state index < -0.39 is 10.8 Å². The van der Waals surface area contributed by atoms with Crippen molar-refractivity contribution < 1.29 is 9.00 Å². The number of amides is 1. The van der Waals surface area contributed by atoms with Crippen molar-refractivity contribution >= 4 is 34.0 Å². The molecule has 0 aliphatic carbocycles. The molecular formula is C18H20ClNO2S. The first kappa shape index (κ1) is 17.7. The minimum absolute atomic E-state index is 0.0513. The maximum atomic E-state index is 12.6. The largest absolute Gasteiger partial charge is 0.326 e. The van der Waals surface area contributed by atoms with Crippen LogP contribution in [0.1, 0.15) is 30.4 Å². The number of carbonyl (C=O) groups excluding carboxylic acids is 1. The Kier molecular flexibility index (Phi) is 6.37. The van der Waals surface area contributed by atoms with Gasteiger partial charge in [-0.15, -0.1) is 0 Å². The number of hydrogen-bond acceptors (Lipinski definition) is 2. The van der Waals surface area contributed by atoms with Gasteiger partial charge in [-0.25, -0.2) is 0 Å². The summed E-state index contributed by atoms with van der Waals surface area (Å²) in [6, 6.07) is 15.0. The number of hydrogen-bond donors (Lipinski definition) is 1. The lowest BCUT2D eigenvalue weighted by atomic mass is 9.95. The summed E-state index contributed by atoms with van der Waals surface area (Å²) in [6.07, 6.45) is 2.35. The standard InChI is InChI=1S/C18H20ClNO2S/c1-3-16(13-7-5-4-6-8-13)18(21)20-15-9-10-17(19)14(11-15)12-23(2)22/h4-11,16H,3,12H2,1-2H3,(H,20,21)/t16-,23+/m0/s1. The molecule has 2 aromatic rings. The van der Waals surface area contributed by atoms with Crippen LogP contribution in [0.3, 0.4) is 0 Å². The second kappa shape index (κ2) is 8.27. The van der Waals surface area contributed by atoms with Gasteiger partial charge in [0.1, 0.15) is 0 Å². The molecular weight excluding hydrogens is 330 g/mol. The summed E-state index contributed by atoms with van der Waals surface area (Å²) in [5, 5.41) is 3.50. The van der Waals surface area contributed by atoms with E-state index in [-0.39, 0.29) is 11.8 Å². The van der Waals surface area contributed by atoms with Gasteiger partial charge in [0.25, 0.3) is 0 Å². The number of nitrogens with one attached hydrogen (secondary N) is 1. The molecule has 2 rings (SSSR count). The predicted octanol–water partition coefficient (Wildman–Crippen LogP) is 4.35. The molecule has 0 aromatic heterocycles. The average molecular weight is 350 g/mol. The minimum atomic E-state index is -0.985. The molecule has 0 saturated carbocycles. The molecule has 1 N–H and O–H groups in total. The highest BCUT2D eigenvalue weighted by molar-refractivity contribution is 7.83. The second-order valence-electron chi connectivity index (χ2n) is 5.38. The van der Waals surface area contributed by atoms with E-state index in [0.717, 1.165) is 17.5 Å². The van der Waals surface area contributed by atoms with Crippen LogP contribution in [0.2, 0.25) is 5.02 Å². The van der Waals surface area contributed by atoms with Gasteiger partial charge in [0.05, 0.1) is 5.92 Å². The van der Waals surface area contributed by atoms with E-state index in [1.165, 1.54) is 0 Å². The molecule has 0 bridgehead atoms. The number of rotatable bonds is 6. The fraction of sp³-hybridized carbons (Fsp3) is 0.278. The Bertz CT molecular complexity index is 703. The lowest BCUT2D eigenvalue weighted by molar-refractivity contribution is -0.117. The van der Waals surface area contributed by atoms with E-state index in [1.807, 2.05) is 37.3 Å². The van der Waals surface area contributed by atoms with Crippen molar-refractivity contribution in [3.8, 4) is 0 Å². The zero-order valence-corrected chi connectivity index (χ0v) is 14.8. The molecule has 0 fully saturated rings. The minimum Gasteiger partial charge on any atom is -0.326 e. The van der Waals surface area contributed by atoms with Crippen molar-refractivity contribution in [2.75, 3.05) is 11.6 Å². The molecule has 0 aliphatic heterocycles. The first-order valence-electron chi connectivity index (χ1n) is 7.45. The molecule has 23 heavy (non-hydrogen) atoms. The van der Waals surface area contributed by atoms with Gasteiger partial charge in [0.15, 0.2) is 0 Å². The molecule has 2 atom stereocenters. The van der Waals surface area contributed by atoms with Crippen LogP contribution in [0, 0.1) is 0 Å². The molecule has 0 radical (unpaired) electrons. The Morgan fingerprint density at radius 3 is 2.52 bits per heavy atom. The lowest BCUT2D eigenvalue weighted by Gasteiger charge is -2.16. The zero-order valence-electron chi connectivity index (χ0n) is 13.2. The van der Waals surface area contributed by atoms with Gasteiger partial charge in [0.2, 0.25) is 5.91 Å². The van der Waals surface area contributed by atoms with Crippen molar-refractivity contribution in [3.05, 3.63) is 64.7 Å². The summed E-state index contributed by atoms with van der Waals surface area (Å²) in [4.78, 5) is 12.6. The topological polar surface area (TPSA) is 46.2 Å². The van der Waals surface area contributed by atoms with E-state index in [0.29, 0.717) is 16.5 Å². The van der Waals surface area contributed by atoms with Gasteiger partial charge in [-0.1, -0.05) is 48.9 Å². The highest BCUT2D eigenvalue weighted by Crippen LogP contribution is 2.25. The van der Waals surface area contributed by atoms with Gasteiger partial charge in [0, 0.05) is 33.5 Å².